The molecule has 2 aromatic carbocycles. The van der Waals surface area contributed by atoms with Crippen LogP contribution < -0.4 is 19.5 Å². The Bertz CT molecular complexity index is 916. The van der Waals surface area contributed by atoms with Gasteiger partial charge in [-0.25, -0.2) is 13.1 Å². The summed E-state index contributed by atoms with van der Waals surface area (Å²) in [5.41, 5.74) is 0.569. The standard InChI is InChI=1S/C18H19BrN2O5S/c19-13-2-5-15(6-3-13)27(23,24)20-9-8-18(22)21-14-4-7-16-17(12-14)26-11-1-10-25-16/h2-7,12,20H,1,8-11H2,(H,21,22). The molecule has 1 aliphatic rings. The van der Waals surface area contributed by atoms with E-state index in [1.807, 2.05) is 0 Å². The highest BCUT2D eigenvalue weighted by Gasteiger charge is 2.15. The number of sulfonamides is 1. The van der Waals surface area contributed by atoms with Crippen molar-refractivity contribution in [2.45, 2.75) is 17.7 Å². The lowest BCUT2D eigenvalue weighted by Crippen LogP contribution is -2.27. The van der Waals surface area contributed by atoms with E-state index in [4.69, 9.17) is 9.47 Å². The lowest BCUT2D eigenvalue weighted by molar-refractivity contribution is -0.116. The maximum atomic E-state index is 12.2. The number of rotatable bonds is 6. The van der Waals surface area contributed by atoms with Gasteiger partial charge in [-0.3, -0.25) is 4.79 Å². The number of ether oxygens (including phenoxy) is 2. The molecule has 2 N–H and O–H groups in total. The third kappa shape index (κ3) is 5.44. The smallest absolute Gasteiger partial charge is 0.240 e. The molecule has 0 bridgehead atoms. The molecule has 1 heterocycles. The van der Waals surface area contributed by atoms with E-state index in [1.54, 1.807) is 30.3 Å². The minimum Gasteiger partial charge on any atom is -0.490 e. The van der Waals surface area contributed by atoms with Gasteiger partial charge < -0.3 is 14.8 Å². The Morgan fingerprint density at radius 3 is 2.48 bits per heavy atom. The van der Waals surface area contributed by atoms with Gasteiger partial charge in [0.1, 0.15) is 0 Å². The first-order valence-electron chi connectivity index (χ1n) is 8.39. The normalized spacial score (nSPS) is 13.7. The van der Waals surface area contributed by atoms with Crippen molar-refractivity contribution in [1.82, 2.24) is 4.72 Å². The fourth-order valence-electron chi connectivity index (χ4n) is 2.46. The van der Waals surface area contributed by atoms with Crippen molar-refractivity contribution in [3.63, 3.8) is 0 Å². The molecule has 0 spiro atoms. The van der Waals surface area contributed by atoms with Crippen LogP contribution in [0.25, 0.3) is 0 Å². The number of anilines is 1. The molecule has 0 fully saturated rings. The van der Waals surface area contributed by atoms with E-state index in [-0.39, 0.29) is 23.8 Å². The highest BCUT2D eigenvalue weighted by molar-refractivity contribution is 9.10. The molecule has 3 rings (SSSR count). The van der Waals surface area contributed by atoms with E-state index in [0.29, 0.717) is 30.4 Å². The van der Waals surface area contributed by atoms with Crippen molar-refractivity contribution in [2.24, 2.45) is 0 Å². The predicted octanol–water partition coefficient (Wildman–Crippen LogP) is 2.92. The summed E-state index contributed by atoms with van der Waals surface area (Å²) in [6.07, 6.45) is 0.805. The summed E-state index contributed by atoms with van der Waals surface area (Å²) in [5.74, 6) is 0.928. The second kappa shape index (κ2) is 8.73. The molecule has 0 saturated heterocycles. The van der Waals surface area contributed by atoms with Crippen LogP contribution in [0.15, 0.2) is 51.8 Å². The van der Waals surface area contributed by atoms with Gasteiger partial charge in [0.25, 0.3) is 0 Å². The Morgan fingerprint density at radius 1 is 1.04 bits per heavy atom. The monoisotopic (exact) mass is 454 g/mol. The molecule has 1 aliphatic heterocycles. The van der Waals surface area contributed by atoms with Gasteiger partial charge >= 0.3 is 0 Å². The molecule has 27 heavy (non-hydrogen) atoms. The summed E-state index contributed by atoms with van der Waals surface area (Å²) in [6.45, 7) is 1.15. The average molecular weight is 455 g/mol. The fraction of sp³-hybridized carbons (Fsp3) is 0.278. The van der Waals surface area contributed by atoms with Gasteiger partial charge in [0.05, 0.1) is 18.1 Å². The molecule has 0 aromatic heterocycles. The lowest BCUT2D eigenvalue weighted by Gasteiger charge is -2.11. The maximum Gasteiger partial charge on any atom is 0.240 e. The van der Waals surface area contributed by atoms with Crippen LogP contribution in [-0.2, 0) is 14.8 Å². The fourth-order valence-corrected chi connectivity index (χ4v) is 3.76. The van der Waals surface area contributed by atoms with Crippen LogP contribution in [0.4, 0.5) is 5.69 Å². The predicted molar refractivity (Wildman–Crippen MR) is 105 cm³/mol. The van der Waals surface area contributed by atoms with Gasteiger partial charge in [-0.1, -0.05) is 15.9 Å². The van der Waals surface area contributed by atoms with E-state index in [9.17, 15) is 13.2 Å². The van der Waals surface area contributed by atoms with Crippen molar-refractivity contribution >= 4 is 37.5 Å². The molecule has 7 nitrogen and oxygen atoms in total. The second-order valence-corrected chi connectivity index (χ2v) is 8.54. The summed E-state index contributed by atoms with van der Waals surface area (Å²) < 4.78 is 38.7. The van der Waals surface area contributed by atoms with Crippen molar-refractivity contribution in [2.75, 3.05) is 25.1 Å². The quantitative estimate of drug-likeness (QED) is 0.699. The number of benzene rings is 2. The van der Waals surface area contributed by atoms with Crippen molar-refractivity contribution in [3.05, 3.63) is 46.9 Å². The van der Waals surface area contributed by atoms with Crippen LogP contribution >= 0.6 is 15.9 Å². The lowest BCUT2D eigenvalue weighted by atomic mass is 10.2. The summed E-state index contributed by atoms with van der Waals surface area (Å²) >= 11 is 3.26. The van der Waals surface area contributed by atoms with E-state index >= 15 is 0 Å². The number of fused-ring (bicyclic) bond motifs is 1. The zero-order valence-electron chi connectivity index (χ0n) is 14.4. The molecule has 0 aliphatic carbocycles. The summed E-state index contributed by atoms with van der Waals surface area (Å²) in [4.78, 5) is 12.2. The number of hydrogen-bond acceptors (Lipinski definition) is 5. The van der Waals surface area contributed by atoms with Gasteiger partial charge in [0.2, 0.25) is 15.9 Å². The number of carbonyl (C=O) groups excluding carboxylic acids is 1. The zero-order chi connectivity index (χ0) is 19.3. The number of halogens is 1. The van der Waals surface area contributed by atoms with Gasteiger partial charge in [0.15, 0.2) is 11.5 Å². The summed E-state index contributed by atoms with van der Waals surface area (Å²) in [6, 6.07) is 11.4. The molecule has 0 radical (unpaired) electrons. The zero-order valence-corrected chi connectivity index (χ0v) is 16.8. The molecular formula is C18H19BrN2O5S. The molecule has 0 unspecified atom stereocenters. The summed E-state index contributed by atoms with van der Waals surface area (Å²) in [7, 11) is -3.65. The van der Waals surface area contributed by atoms with Gasteiger partial charge in [-0.05, 0) is 36.4 Å². The van der Waals surface area contributed by atoms with Crippen molar-refractivity contribution in [1.29, 1.82) is 0 Å². The topological polar surface area (TPSA) is 93.7 Å². The Kier molecular flexibility index (Phi) is 6.35. The van der Waals surface area contributed by atoms with Crippen molar-refractivity contribution < 1.29 is 22.7 Å². The van der Waals surface area contributed by atoms with Crippen LogP contribution in [0, 0.1) is 0 Å². The van der Waals surface area contributed by atoms with E-state index in [0.717, 1.165) is 10.9 Å². The molecule has 1 amide bonds. The second-order valence-electron chi connectivity index (χ2n) is 5.86. The highest BCUT2D eigenvalue weighted by Crippen LogP contribution is 2.32. The van der Waals surface area contributed by atoms with Crippen LogP contribution in [0.5, 0.6) is 11.5 Å². The molecule has 9 heteroatoms. The minimum atomic E-state index is -3.65. The molecule has 2 aromatic rings. The number of nitrogens with one attached hydrogen (secondary N) is 2. The minimum absolute atomic E-state index is 0.00417. The largest absolute Gasteiger partial charge is 0.490 e. The summed E-state index contributed by atoms with van der Waals surface area (Å²) in [5, 5.41) is 2.73. The Morgan fingerprint density at radius 2 is 1.74 bits per heavy atom. The first kappa shape index (κ1) is 19.7. The Balaban J connectivity index is 1.52. The van der Waals surface area contributed by atoms with E-state index < -0.39 is 10.0 Å². The third-order valence-electron chi connectivity index (χ3n) is 3.80. The maximum absolute atomic E-state index is 12.2. The Labute approximate surface area is 166 Å². The molecule has 144 valence electrons. The number of amides is 1. The van der Waals surface area contributed by atoms with Crippen LogP contribution in [0.3, 0.4) is 0 Å². The van der Waals surface area contributed by atoms with Gasteiger partial charge in [-0.2, -0.15) is 0 Å². The van der Waals surface area contributed by atoms with Crippen LogP contribution in [-0.4, -0.2) is 34.1 Å². The number of carbonyl (C=O) groups is 1. The first-order chi connectivity index (χ1) is 12.9. The third-order valence-corrected chi connectivity index (χ3v) is 5.80. The van der Waals surface area contributed by atoms with Gasteiger partial charge in [-0.15, -0.1) is 0 Å². The Hall–Kier alpha value is -2.10. The SMILES string of the molecule is O=C(CCNS(=O)(=O)c1ccc(Br)cc1)Nc1ccc2c(c1)OCCCO2. The highest BCUT2D eigenvalue weighted by atomic mass is 79.9. The number of hydrogen-bond donors (Lipinski definition) is 2. The molecular weight excluding hydrogens is 436 g/mol. The van der Waals surface area contributed by atoms with Crippen LogP contribution in [0.1, 0.15) is 12.8 Å². The average Bonchev–Trinajstić information content (AvgIpc) is 2.87. The first-order valence-corrected chi connectivity index (χ1v) is 10.7. The van der Waals surface area contributed by atoms with E-state index in [1.165, 1.54) is 12.1 Å². The van der Waals surface area contributed by atoms with E-state index in [2.05, 4.69) is 26.0 Å². The van der Waals surface area contributed by atoms with Crippen LogP contribution in [0.2, 0.25) is 0 Å². The van der Waals surface area contributed by atoms with Crippen molar-refractivity contribution in [3.8, 4) is 11.5 Å². The molecule has 0 atom stereocenters. The van der Waals surface area contributed by atoms with Gasteiger partial charge in [0, 0.05) is 35.6 Å². The molecule has 0 saturated carbocycles.